The molecule has 1 aromatic carbocycles. The summed E-state index contributed by atoms with van der Waals surface area (Å²) in [5, 5.41) is 11.1. The number of guanidine groups is 1. The van der Waals surface area contributed by atoms with Gasteiger partial charge in [-0.1, -0.05) is 18.2 Å². The molecule has 0 aliphatic rings. The number of hydrogen-bond acceptors (Lipinski definition) is 4. The fourth-order valence-corrected chi connectivity index (χ4v) is 3.43. The molecule has 0 unspecified atom stereocenters. The maximum absolute atomic E-state index is 5.39. The molecule has 2 aromatic heterocycles. The van der Waals surface area contributed by atoms with E-state index < -0.39 is 0 Å². The SMILES string of the molecule is I.c1ccc(SCCNC(=NCCCn2cccn2)NCCc2ccco2)cc1. The molecule has 6 nitrogen and oxygen atoms in total. The van der Waals surface area contributed by atoms with Gasteiger partial charge < -0.3 is 15.1 Å². The minimum atomic E-state index is 0. The van der Waals surface area contributed by atoms with E-state index in [-0.39, 0.29) is 24.0 Å². The highest BCUT2D eigenvalue weighted by atomic mass is 127. The summed E-state index contributed by atoms with van der Waals surface area (Å²) in [5.74, 6) is 2.81. The van der Waals surface area contributed by atoms with Crippen molar-refractivity contribution in [1.82, 2.24) is 20.4 Å². The molecule has 156 valence electrons. The lowest BCUT2D eigenvalue weighted by Gasteiger charge is -2.12. The lowest BCUT2D eigenvalue weighted by atomic mass is 10.3. The Morgan fingerprint density at radius 3 is 2.69 bits per heavy atom. The van der Waals surface area contributed by atoms with E-state index in [1.54, 1.807) is 12.5 Å². The third kappa shape index (κ3) is 9.40. The molecule has 0 saturated heterocycles. The molecule has 0 fully saturated rings. The average Bonchev–Trinajstić information content (AvgIpc) is 3.43. The zero-order valence-corrected chi connectivity index (χ0v) is 19.5. The van der Waals surface area contributed by atoms with E-state index in [4.69, 9.17) is 9.41 Å². The maximum atomic E-state index is 5.39. The van der Waals surface area contributed by atoms with E-state index >= 15 is 0 Å². The standard InChI is InChI=1S/C21H27N5OS.HI/c1-2-8-20(9-3-1)28-18-14-24-21(23-13-10-19-7-4-17-27-19)22-11-5-15-26-16-6-12-25-26;/h1-4,6-9,12,16-17H,5,10-11,13-15,18H2,(H2,22,23,24);1H. The molecule has 0 saturated carbocycles. The first-order valence-electron chi connectivity index (χ1n) is 9.60. The van der Waals surface area contributed by atoms with Crippen LogP contribution in [-0.4, -0.2) is 41.1 Å². The molecule has 0 aliphatic heterocycles. The van der Waals surface area contributed by atoms with Crippen LogP contribution in [0.2, 0.25) is 0 Å². The Bertz CT molecular complexity index is 794. The molecule has 29 heavy (non-hydrogen) atoms. The number of rotatable bonds is 11. The number of halogens is 1. The molecule has 0 radical (unpaired) electrons. The van der Waals surface area contributed by atoms with Crippen molar-refractivity contribution in [3.8, 4) is 0 Å². The molecule has 0 amide bonds. The first-order chi connectivity index (χ1) is 13.9. The van der Waals surface area contributed by atoms with Crippen LogP contribution in [0.1, 0.15) is 12.2 Å². The van der Waals surface area contributed by atoms with Crippen LogP contribution in [0.5, 0.6) is 0 Å². The first kappa shape index (κ1) is 23.3. The van der Waals surface area contributed by atoms with Crippen molar-refractivity contribution in [2.75, 3.05) is 25.4 Å². The Hall–Kier alpha value is -1.94. The van der Waals surface area contributed by atoms with Gasteiger partial charge in [-0.3, -0.25) is 9.67 Å². The Morgan fingerprint density at radius 2 is 1.93 bits per heavy atom. The van der Waals surface area contributed by atoms with Gasteiger partial charge in [-0.05, 0) is 36.8 Å². The summed E-state index contributed by atoms with van der Waals surface area (Å²) in [4.78, 5) is 5.98. The summed E-state index contributed by atoms with van der Waals surface area (Å²) in [6.45, 7) is 3.26. The normalized spacial score (nSPS) is 11.1. The number of benzene rings is 1. The third-order valence-electron chi connectivity index (χ3n) is 4.02. The van der Waals surface area contributed by atoms with Crippen LogP contribution in [0.4, 0.5) is 0 Å². The Kier molecular flexibility index (Phi) is 11.4. The molecule has 3 aromatic rings. The first-order valence-corrected chi connectivity index (χ1v) is 10.6. The number of aliphatic imine (C=N–C) groups is 1. The number of hydrogen-bond donors (Lipinski definition) is 2. The number of furan rings is 1. The van der Waals surface area contributed by atoms with Crippen molar-refractivity contribution in [3.63, 3.8) is 0 Å². The van der Waals surface area contributed by atoms with Crippen molar-refractivity contribution >= 4 is 41.7 Å². The molecule has 2 N–H and O–H groups in total. The number of thioether (sulfide) groups is 1. The highest BCUT2D eigenvalue weighted by Gasteiger charge is 2.01. The summed E-state index contributed by atoms with van der Waals surface area (Å²) >= 11 is 1.84. The predicted molar refractivity (Wildman–Crippen MR) is 130 cm³/mol. The van der Waals surface area contributed by atoms with Gasteiger partial charge in [-0.2, -0.15) is 5.10 Å². The van der Waals surface area contributed by atoms with E-state index in [0.717, 1.165) is 56.5 Å². The molecule has 2 heterocycles. The zero-order valence-electron chi connectivity index (χ0n) is 16.4. The zero-order chi connectivity index (χ0) is 19.3. The molecule has 0 aliphatic carbocycles. The smallest absolute Gasteiger partial charge is 0.191 e. The van der Waals surface area contributed by atoms with Crippen molar-refractivity contribution in [3.05, 3.63) is 72.9 Å². The number of aryl methyl sites for hydroxylation is 1. The second kappa shape index (κ2) is 14.1. The van der Waals surface area contributed by atoms with E-state index in [1.807, 2.05) is 46.9 Å². The average molecular weight is 525 g/mol. The van der Waals surface area contributed by atoms with Gasteiger partial charge in [0.05, 0.1) is 6.26 Å². The monoisotopic (exact) mass is 525 g/mol. The Morgan fingerprint density at radius 1 is 1.07 bits per heavy atom. The van der Waals surface area contributed by atoms with Crippen LogP contribution in [0.15, 0.2) is 81.5 Å². The topological polar surface area (TPSA) is 67.4 Å². The largest absolute Gasteiger partial charge is 0.469 e. The lowest BCUT2D eigenvalue weighted by Crippen LogP contribution is -2.39. The van der Waals surface area contributed by atoms with Gasteiger partial charge in [-0.15, -0.1) is 35.7 Å². The number of nitrogens with zero attached hydrogens (tertiary/aromatic N) is 3. The molecule has 0 spiro atoms. The molecule has 3 rings (SSSR count). The van der Waals surface area contributed by atoms with Crippen molar-refractivity contribution in [1.29, 1.82) is 0 Å². The second-order valence-electron chi connectivity index (χ2n) is 6.20. The number of aromatic nitrogens is 2. The summed E-state index contributed by atoms with van der Waals surface area (Å²) in [7, 11) is 0. The van der Waals surface area contributed by atoms with E-state index in [1.165, 1.54) is 4.90 Å². The summed E-state index contributed by atoms with van der Waals surface area (Å²) < 4.78 is 7.32. The Balaban J connectivity index is 0.00000300. The van der Waals surface area contributed by atoms with Crippen LogP contribution in [0.3, 0.4) is 0 Å². The van der Waals surface area contributed by atoms with Crippen molar-refractivity contribution in [2.24, 2.45) is 4.99 Å². The molecule has 0 atom stereocenters. The van der Waals surface area contributed by atoms with Gasteiger partial charge in [0.15, 0.2) is 5.96 Å². The van der Waals surface area contributed by atoms with Gasteiger partial charge >= 0.3 is 0 Å². The molecular weight excluding hydrogens is 497 g/mol. The van der Waals surface area contributed by atoms with Gasteiger partial charge in [0.2, 0.25) is 0 Å². The van der Waals surface area contributed by atoms with E-state index in [0.29, 0.717) is 0 Å². The molecular formula is C21H28IN5OS. The van der Waals surface area contributed by atoms with Crippen molar-refractivity contribution in [2.45, 2.75) is 24.3 Å². The fourth-order valence-electron chi connectivity index (χ4n) is 2.64. The van der Waals surface area contributed by atoms with Gasteiger partial charge in [-0.25, -0.2) is 0 Å². The third-order valence-corrected chi connectivity index (χ3v) is 5.04. The van der Waals surface area contributed by atoms with Gasteiger partial charge in [0.1, 0.15) is 5.76 Å². The van der Waals surface area contributed by atoms with Crippen LogP contribution < -0.4 is 10.6 Å². The molecule has 8 heteroatoms. The highest BCUT2D eigenvalue weighted by Crippen LogP contribution is 2.15. The minimum Gasteiger partial charge on any atom is -0.469 e. The van der Waals surface area contributed by atoms with Gasteiger partial charge in [0, 0.05) is 55.6 Å². The van der Waals surface area contributed by atoms with Crippen LogP contribution in [-0.2, 0) is 13.0 Å². The van der Waals surface area contributed by atoms with E-state index in [9.17, 15) is 0 Å². The lowest BCUT2D eigenvalue weighted by molar-refractivity contribution is 0.506. The van der Waals surface area contributed by atoms with Crippen molar-refractivity contribution < 1.29 is 4.42 Å². The van der Waals surface area contributed by atoms with E-state index in [2.05, 4.69) is 40.0 Å². The number of nitrogens with one attached hydrogen (secondary N) is 2. The quantitative estimate of drug-likeness (QED) is 0.130. The maximum Gasteiger partial charge on any atom is 0.191 e. The van der Waals surface area contributed by atoms with Crippen LogP contribution in [0, 0.1) is 0 Å². The minimum absolute atomic E-state index is 0. The summed E-state index contributed by atoms with van der Waals surface area (Å²) in [6, 6.07) is 16.3. The molecule has 0 bridgehead atoms. The fraction of sp³-hybridized carbons (Fsp3) is 0.333. The van der Waals surface area contributed by atoms with Gasteiger partial charge in [0.25, 0.3) is 0 Å². The Labute approximate surface area is 193 Å². The highest BCUT2D eigenvalue weighted by molar-refractivity contribution is 14.0. The summed E-state index contributed by atoms with van der Waals surface area (Å²) in [5.41, 5.74) is 0. The van der Waals surface area contributed by atoms with Crippen LogP contribution >= 0.6 is 35.7 Å². The predicted octanol–water partition coefficient (Wildman–Crippen LogP) is 4.05. The van der Waals surface area contributed by atoms with Crippen LogP contribution in [0.25, 0.3) is 0 Å². The summed E-state index contributed by atoms with van der Waals surface area (Å²) in [6.07, 6.45) is 7.27. The second-order valence-corrected chi connectivity index (χ2v) is 7.37.